The summed E-state index contributed by atoms with van der Waals surface area (Å²) in [6, 6.07) is 6.65. The number of benzene rings is 2. The summed E-state index contributed by atoms with van der Waals surface area (Å²) < 4.78 is 91.3. The Balaban J connectivity index is 2.55. The molecule has 0 spiro atoms. The lowest BCUT2D eigenvalue weighted by atomic mass is 10.1. The van der Waals surface area contributed by atoms with E-state index in [1.54, 1.807) is 0 Å². The van der Waals surface area contributed by atoms with E-state index in [0.29, 0.717) is 5.02 Å². The van der Waals surface area contributed by atoms with Crippen molar-refractivity contribution < 1.29 is 30.4 Å². The highest BCUT2D eigenvalue weighted by atomic mass is 35.5. The van der Waals surface area contributed by atoms with Gasteiger partial charge in [-0.2, -0.15) is 5.26 Å². The molecule has 0 heterocycles. The van der Waals surface area contributed by atoms with Crippen LogP contribution in [-0.4, -0.2) is 8.42 Å². The Morgan fingerprint density at radius 1 is 0.962 bits per heavy atom. The van der Waals surface area contributed by atoms with Crippen molar-refractivity contribution >= 4 is 27.5 Å². The van der Waals surface area contributed by atoms with Gasteiger partial charge in [0.1, 0.15) is 11.0 Å². The van der Waals surface area contributed by atoms with Crippen LogP contribution >= 0.6 is 11.6 Å². The topological polar surface area (TPSA) is 57.9 Å². The number of hydrogen-bond acceptors (Lipinski definition) is 3. The molecule has 0 unspecified atom stereocenters. The number of halogens is 6. The van der Waals surface area contributed by atoms with Crippen LogP contribution in [0.3, 0.4) is 0 Å². The molecule has 0 saturated heterocycles. The molecule has 0 N–H and O–H groups in total. The summed E-state index contributed by atoms with van der Waals surface area (Å²) in [5.74, 6) is -12.1. The fourth-order valence-electron chi connectivity index (χ4n) is 1.95. The second-order valence-corrected chi connectivity index (χ2v) is 7.38. The van der Waals surface area contributed by atoms with Crippen LogP contribution < -0.4 is 0 Å². The van der Waals surface area contributed by atoms with Crippen molar-refractivity contribution in [3.05, 3.63) is 74.4 Å². The summed E-state index contributed by atoms with van der Waals surface area (Å²) in [5, 5.41) is 9.32. The fraction of sp³-hybridized carbons (Fsp3) is 0.0625. The largest absolute Gasteiger partial charge is 0.223 e. The van der Waals surface area contributed by atoms with Crippen molar-refractivity contribution in [3.8, 4) is 6.07 Å². The minimum atomic E-state index is -4.42. The minimum Gasteiger partial charge on any atom is -0.223 e. The molecule has 0 aliphatic heterocycles. The van der Waals surface area contributed by atoms with E-state index in [2.05, 4.69) is 0 Å². The van der Waals surface area contributed by atoms with Crippen LogP contribution in [0.2, 0.25) is 5.02 Å². The van der Waals surface area contributed by atoms with E-state index in [4.69, 9.17) is 16.9 Å². The average Bonchev–Trinajstić information content (AvgIpc) is 2.60. The molecule has 0 bridgehead atoms. The minimum absolute atomic E-state index is 0.113. The van der Waals surface area contributed by atoms with E-state index in [1.807, 2.05) is 0 Å². The molecule has 0 aliphatic rings. The Morgan fingerprint density at radius 2 is 1.42 bits per heavy atom. The molecule has 10 heteroatoms. The van der Waals surface area contributed by atoms with Gasteiger partial charge in [0.2, 0.25) is 5.82 Å². The SMILES string of the molecule is N#CC(=Cc1c(F)c(F)c(F)c(F)c1F)S(=O)(=O)Cc1ccc(Cl)cc1. The molecular formula is C16H7ClF5NO2S. The van der Waals surface area contributed by atoms with E-state index < -0.39 is 55.1 Å². The summed E-state index contributed by atoms with van der Waals surface area (Å²) in [4.78, 5) is -1.16. The predicted molar refractivity (Wildman–Crippen MR) is 83.9 cm³/mol. The van der Waals surface area contributed by atoms with Gasteiger partial charge in [0.05, 0.1) is 11.3 Å². The van der Waals surface area contributed by atoms with Gasteiger partial charge in [-0.1, -0.05) is 23.7 Å². The van der Waals surface area contributed by atoms with Crippen molar-refractivity contribution in [1.82, 2.24) is 0 Å². The van der Waals surface area contributed by atoms with Crippen LogP contribution in [0.25, 0.3) is 6.08 Å². The van der Waals surface area contributed by atoms with Crippen LogP contribution in [0.15, 0.2) is 29.2 Å². The number of rotatable bonds is 4. The van der Waals surface area contributed by atoms with Gasteiger partial charge in [0.15, 0.2) is 33.1 Å². The summed E-state index contributed by atoms with van der Waals surface area (Å²) in [5.41, 5.74) is -1.31. The van der Waals surface area contributed by atoms with E-state index in [-0.39, 0.29) is 11.6 Å². The third kappa shape index (κ3) is 3.86. The standard InChI is InChI=1S/C16H7ClF5NO2S/c17-9-3-1-8(2-4-9)7-26(24,25)10(6-23)5-11-12(18)14(20)16(22)15(21)13(11)19/h1-5H,7H2. The Kier molecular flexibility index (Phi) is 5.68. The molecule has 2 aromatic rings. The number of sulfone groups is 1. The van der Waals surface area contributed by atoms with Crippen molar-refractivity contribution in [2.24, 2.45) is 0 Å². The molecule has 136 valence electrons. The Hall–Kier alpha value is -2.44. The average molecular weight is 408 g/mol. The van der Waals surface area contributed by atoms with Crippen LogP contribution in [-0.2, 0) is 15.6 Å². The zero-order valence-corrected chi connectivity index (χ0v) is 14.1. The number of hydrogen-bond donors (Lipinski definition) is 0. The molecule has 0 atom stereocenters. The maximum Gasteiger partial charge on any atom is 0.200 e. The van der Waals surface area contributed by atoms with Crippen LogP contribution in [0.4, 0.5) is 22.0 Å². The Bertz CT molecular complexity index is 1010. The first-order valence-corrected chi connectivity index (χ1v) is 8.72. The second-order valence-electron chi connectivity index (χ2n) is 4.99. The van der Waals surface area contributed by atoms with Gasteiger partial charge >= 0.3 is 0 Å². The maximum absolute atomic E-state index is 13.7. The molecule has 0 amide bonds. The summed E-state index contributed by atoms with van der Waals surface area (Å²) in [6.45, 7) is 0. The van der Waals surface area contributed by atoms with E-state index in [1.165, 1.54) is 30.3 Å². The lowest BCUT2D eigenvalue weighted by molar-refractivity contribution is 0.377. The maximum atomic E-state index is 13.7. The third-order valence-corrected chi connectivity index (χ3v) is 5.08. The van der Waals surface area contributed by atoms with Gasteiger partial charge in [-0.25, -0.2) is 30.4 Å². The van der Waals surface area contributed by atoms with Crippen molar-refractivity contribution in [1.29, 1.82) is 5.26 Å². The number of nitriles is 1. The lowest BCUT2D eigenvalue weighted by Crippen LogP contribution is -2.09. The van der Waals surface area contributed by atoms with E-state index in [9.17, 15) is 30.4 Å². The van der Waals surface area contributed by atoms with Crippen molar-refractivity contribution in [2.75, 3.05) is 0 Å². The summed E-state index contributed by atoms with van der Waals surface area (Å²) in [6.07, 6.45) is 0.113. The van der Waals surface area contributed by atoms with E-state index >= 15 is 0 Å². The van der Waals surface area contributed by atoms with Crippen molar-refractivity contribution in [3.63, 3.8) is 0 Å². The first-order valence-electron chi connectivity index (χ1n) is 6.69. The molecule has 2 rings (SSSR count). The molecule has 0 saturated carbocycles. The molecule has 0 radical (unpaired) electrons. The molecular weight excluding hydrogens is 401 g/mol. The van der Waals surface area contributed by atoms with Gasteiger partial charge in [0.25, 0.3) is 0 Å². The van der Waals surface area contributed by atoms with Gasteiger partial charge in [-0.05, 0) is 23.8 Å². The van der Waals surface area contributed by atoms with Crippen LogP contribution in [0.1, 0.15) is 11.1 Å². The second kappa shape index (κ2) is 7.43. The first kappa shape index (κ1) is 19.9. The molecule has 26 heavy (non-hydrogen) atoms. The monoisotopic (exact) mass is 407 g/mol. The Labute approximate surface area is 149 Å². The quantitative estimate of drug-likeness (QED) is 0.324. The van der Waals surface area contributed by atoms with Gasteiger partial charge in [-0.15, -0.1) is 0 Å². The number of allylic oxidation sites excluding steroid dienone is 1. The first-order chi connectivity index (χ1) is 12.1. The van der Waals surface area contributed by atoms with Crippen LogP contribution in [0, 0.1) is 40.4 Å². The molecule has 3 nitrogen and oxygen atoms in total. The molecule has 2 aromatic carbocycles. The lowest BCUT2D eigenvalue weighted by Gasteiger charge is -2.07. The predicted octanol–water partition coefficient (Wildman–Crippen LogP) is 4.51. The van der Waals surface area contributed by atoms with E-state index in [0.717, 1.165) is 0 Å². The van der Waals surface area contributed by atoms with Gasteiger partial charge < -0.3 is 0 Å². The molecule has 0 aromatic heterocycles. The third-order valence-electron chi connectivity index (χ3n) is 3.23. The fourth-order valence-corrected chi connectivity index (χ4v) is 3.30. The zero-order chi connectivity index (χ0) is 19.6. The molecule has 0 fully saturated rings. The zero-order valence-electron chi connectivity index (χ0n) is 12.5. The van der Waals surface area contributed by atoms with Gasteiger partial charge in [0, 0.05) is 5.02 Å². The number of nitrogens with zero attached hydrogens (tertiary/aromatic N) is 1. The van der Waals surface area contributed by atoms with Gasteiger partial charge in [-0.3, -0.25) is 0 Å². The summed E-state index contributed by atoms with van der Waals surface area (Å²) in [7, 11) is -4.42. The molecule has 0 aliphatic carbocycles. The highest BCUT2D eigenvalue weighted by molar-refractivity contribution is 7.95. The highest BCUT2D eigenvalue weighted by Gasteiger charge is 2.27. The highest BCUT2D eigenvalue weighted by Crippen LogP contribution is 2.26. The Morgan fingerprint density at radius 3 is 1.88 bits per heavy atom. The smallest absolute Gasteiger partial charge is 0.200 e. The van der Waals surface area contributed by atoms with Crippen LogP contribution in [0.5, 0.6) is 0 Å². The normalized spacial score (nSPS) is 12.1. The summed E-state index contributed by atoms with van der Waals surface area (Å²) >= 11 is 5.66. The van der Waals surface area contributed by atoms with Crippen molar-refractivity contribution in [2.45, 2.75) is 5.75 Å².